The number of hydrogen-bond acceptors (Lipinski definition) is 3. The molecule has 118 valence electrons. The number of anilines is 2. The van der Waals surface area contributed by atoms with E-state index in [1.807, 2.05) is 0 Å². The zero-order valence-corrected chi connectivity index (χ0v) is 12.6. The molecule has 1 rings (SSSR count). The highest BCUT2D eigenvalue weighted by Crippen LogP contribution is 2.25. The van der Waals surface area contributed by atoms with Gasteiger partial charge in [-0.2, -0.15) is 0 Å². The summed E-state index contributed by atoms with van der Waals surface area (Å²) >= 11 is 0. The van der Waals surface area contributed by atoms with E-state index in [1.165, 1.54) is 19.0 Å². The van der Waals surface area contributed by atoms with Crippen LogP contribution in [0.5, 0.6) is 0 Å². The fourth-order valence-electron chi connectivity index (χ4n) is 1.74. The molecule has 21 heavy (non-hydrogen) atoms. The Labute approximate surface area is 122 Å². The average Bonchev–Trinajstić information content (AvgIpc) is 2.35. The fourth-order valence-corrected chi connectivity index (χ4v) is 1.74. The number of hydrogen-bond donors (Lipinski definition) is 3. The highest BCUT2D eigenvalue weighted by Gasteiger charge is 2.16. The Morgan fingerprint density at radius 1 is 1.29 bits per heavy atom. The molecule has 2 atom stereocenters. The topological polar surface area (TPSA) is 64.6 Å². The number of rotatable bonds is 5. The van der Waals surface area contributed by atoms with Crippen molar-refractivity contribution in [1.29, 1.82) is 0 Å². The van der Waals surface area contributed by atoms with Gasteiger partial charge in [-0.3, -0.25) is 0 Å². The smallest absolute Gasteiger partial charge is 0.319 e. The lowest BCUT2D eigenvalue weighted by molar-refractivity contribution is 0.204. The van der Waals surface area contributed by atoms with Crippen molar-refractivity contribution in [2.45, 2.75) is 19.9 Å². The van der Waals surface area contributed by atoms with Gasteiger partial charge in [0.25, 0.3) is 0 Å². The quantitative estimate of drug-likeness (QED) is 0.781. The molecule has 0 aromatic heterocycles. The van der Waals surface area contributed by atoms with E-state index in [-0.39, 0.29) is 29.9 Å². The van der Waals surface area contributed by atoms with Gasteiger partial charge in [-0.05, 0) is 25.0 Å². The molecule has 5 nitrogen and oxygen atoms in total. The number of benzene rings is 1. The van der Waals surface area contributed by atoms with Gasteiger partial charge < -0.3 is 20.6 Å². The number of halogens is 2. The molecule has 0 aliphatic heterocycles. The number of carbonyl (C=O) groups is 1. The van der Waals surface area contributed by atoms with Gasteiger partial charge >= 0.3 is 6.03 Å². The first-order valence-electron chi connectivity index (χ1n) is 6.61. The average molecular weight is 301 g/mol. The second-order valence-corrected chi connectivity index (χ2v) is 5.23. The van der Waals surface area contributed by atoms with Crippen molar-refractivity contribution < 1.29 is 18.7 Å². The largest absolute Gasteiger partial charge is 0.396 e. The van der Waals surface area contributed by atoms with E-state index in [2.05, 4.69) is 10.6 Å². The maximum absolute atomic E-state index is 13.8. The predicted octanol–water partition coefficient (Wildman–Crippen LogP) is 2.17. The van der Waals surface area contributed by atoms with Crippen LogP contribution < -0.4 is 15.5 Å². The molecular formula is C14H21F2N3O2. The first-order chi connectivity index (χ1) is 9.76. The van der Waals surface area contributed by atoms with E-state index in [0.717, 1.165) is 12.1 Å². The van der Waals surface area contributed by atoms with Crippen molar-refractivity contribution in [1.82, 2.24) is 5.32 Å². The van der Waals surface area contributed by atoms with Crippen LogP contribution in [-0.2, 0) is 0 Å². The molecule has 0 radical (unpaired) electrons. The van der Waals surface area contributed by atoms with E-state index < -0.39 is 17.7 Å². The molecule has 0 aliphatic rings. The third-order valence-corrected chi connectivity index (χ3v) is 3.22. The number of aliphatic hydroxyl groups excluding tert-OH is 1. The molecule has 0 spiro atoms. The number of carbonyl (C=O) groups excluding carboxylic acids is 1. The van der Waals surface area contributed by atoms with Crippen LogP contribution in [0, 0.1) is 17.6 Å². The van der Waals surface area contributed by atoms with E-state index in [9.17, 15) is 13.6 Å². The highest BCUT2D eigenvalue weighted by atomic mass is 19.1. The number of urea groups is 1. The molecule has 0 saturated carbocycles. The zero-order valence-electron chi connectivity index (χ0n) is 12.6. The minimum atomic E-state index is -0.757. The molecular weight excluding hydrogens is 280 g/mol. The Morgan fingerprint density at radius 3 is 2.24 bits per heavy atom. The van der Waals surface area contributed by atoms with E-state index in [1.54, 1.807) is 13.8 Å². The van der Waals surface area contributed by atoms with Gasteiger partial charge in [0.2, 0.25) is 0 Å². The van der Waals surface area contributed by atoms with E-state index in [4.69, 9.17) is 5.11 Å². The number of amides is 2. The van der Waals surface area contributed by atoms with Crippen LogP contribution in [0.15, 0.2) is 12.1 Å². The molecule has 0 bridgehead atoms. The molecule has 0 fully saturated rings. The Balaban J connectivity index is 2.78. The van der Waals surface area contributed by atoms with Crippen LogP contribution in [0.2, 0.25) is 0 Å². The summed E-state index contributed by atoms with van der Waals surface area (Å²) in [6.07, 6.45) is 0. The SMILES string of the molecule is C[C@@H](CO)[C@@H](C)NC(=O)Nc1cc(F)c(N(C)C)c(F)c1. The third-order valence-electron chi connectivity index (χ3n) is 3.22. The standard InChI is InChI=1S/C14H21F2N3O2/c1-8(7-20)9(2)17-14(21)18-10-5-11(15)13(19(3)4)12(16)6-10/h5-6,8-9,20H,7H2,1-4H3,(H2,17,18,21)/t8-,9+/m0/s1. The molecule has 0 aliphatic carbocycles. The summed E-state index contributed by atoms with van der Waals surface area (Å²) in [7, 11) is 3.05. The zero-order chi connectivity index (χ0) is 16.2. The minimum Gasteiger partial charge on any atom is -0.396 e. The summed E-state index contributed by atoms with van der Waals surface area (Å²) in [5.41, 5.74) is -0.139. The molecule has 0 heterocycles. The normalized spacial score (nSPS) is 13.5. The van der Waals surface area contributed by atoms with Crippen LogP contribution in [0.25, 0.3) is 0 Å². The summed E-state index contributed by atoms with van der Waals surface area (Å²) in [6, 6.07) is 1.25. The Hall–Kier alpha value is -1.89. The van der Waals surface area contributed by atoms with Gasteiger partial charge in [-0.1, -0.05) is 6.92 Å². The number of nitrogens with one attached hydrogen (secondary N) is 2. The van der Waals surface area contributed by atoms with Crippen molar-refractivity contribution in [2.75, 3.05) is 30.9 Å². The van der Waals surface area contributed by atoms with Gasteiger partial charge in [0.1, 0.15) is 5.69 Å². The first kappa shape index (κ1) is 17.2. The van der Waals surface area contributed by atoms with Crippen LogP contribution in [0.4, 0.5) is 25.0 Å². The molecule has 1 aromatic rings. The van der Waals surface area contributed by atoms with E-state index in [0.29, 0.717) is 0 Å². The third kappa shape index (κ3) is 4.56. The van der Waals surface area contributed by atoms with Crippen LogP contribution in [-0.4, -0.2) is 37.9 Å². The van der Waals surface area contributed by atoms with Crippen LogP contribution in [0.3, 0.4) is 0 Å². The lowest BCUT2D eigenvalue weighted by Gasteiger charge is -2.20. The number of nitrogens with zero attached hydrogens (tertiary/aromatic N) is 1. The van der Waals surface area contributed by atoms with Gasteiger partial charge in [-0.15, -0.1) is 0 Å². The minimum absolute atomic E-state index is 0.0250. The van der Waals surface area contributed by atoms with Gasteiger partial charge in [0.05, 0.1) is 0 Å². The molecule has 0 saturated heterocycles. The van der Waals surface area contributed by atoms with Crippen molar-refractivity contribution in [2.24, 2.45) is 5.92 Å². The molecule has 1 aromatic carbocycles. The second kappa shape index (κ2) is 7.21. The lowest BCUT2D eigenvalue weighted by Crippen LogP contribution is -2.40. The van der Waals surface area contributed by atoms with Crippen LogP contribution >= 0.6 is 0 Å². The highest BCUT2D eigenvalue weighted by molar-refractivity contribution is 5.89. The lowest BCUT2D eigenvalue weighted by atomic mass is 10.1. The second-order valence-electron chi connectivity index (χ2n) is 5.23. The molecule has 3 N–H and O–H groups in total. The molecule has 0 unspecified atom stereocenters. The molecule has 2 amide bonds. The first-order valence-corrected chi connectivity index (χ1v) is 6.61. The Bertz CT molecular complexity index is 486. The van der Waals surface area contributed by atoms with Crippen molar-refractivity contribution in [3.8, 4) is 0 Å². The summed E-state index contributed by atoms with van der Waals surface area (Å²) in [5.74, 6) is -1.64. The van der Waals surface area contributed by atoms with Crippen molar-refractivity contribution >= 4 is 17.4 Å². The Kier molecular flexibility index (Phi) is 5.90. The number of aliphatic hydroxyl groups is 1. The van der Waals surface area contributed by atoms with Gasteiger partial charge in [0.15, 0.2) is 11.6 Å². The summed E-state index contributed by atoms with van der Waals surface area (Å²) in [6.45, 7) is 3.44. The maximum Gasteiger partial charge on any atom is 0.319 e. The summed E-state index contributed by atoms with van der Waals surface area (Å²) in [4.78, 5) is 13.0. The summed E-state index contributed by atoms with van der Waals surface area (Å²) < 4.78 is 27.5. The van der Waals surface area contributed by atoms with Gasteiger partial charge in [0, 0.05) is 32.4 Å². The summed E-state index contributed by atoms with van der Waals surface area (Å²) in [5, 5.41) is 13.9. The Morgan fingerprint density at radius 2 is 1.81 bits per heavy atom. The predicted molar refractivity (Wildman–Crippen MR) is 78.6 cm³/mol. The van der Waals surface area contributed by atoms with Crippen molar-refractivity contribution in [3.05, 3.63) is 23.8 Å². The fraction of sp³-hybridized carbons (Fsp3) is 0.500. The van der Waals surface area contributed by atoms with Crippen LogP contribution in [0.1, 0.15) is 13.8 Å². The monoisotopic (exact) mass is 301 g/mol. The maximum atomic E-state index is 13.8. The van der Waals surface area contributed by atoms with Crippen molar-refractivity contribution in [3.63, 3.8) is 0 Å². The molecule has 7 heteroatoms. The van der Waals surface area contributed by atoms with Gasteiger partial charge in [-0.25, -0.2) is 13.6 Å². The van der Waals surface area contributed by atoms with E-state index >= 15 is 0 Å².